The van der Waals surface area contributed by atoms with E-state index < -0.39 is 0 Å². The Morgan fingerprint density at radius 2 is 1.96 bits per heavy atom. The van der Waals surface area contributed by atoms with E-state index in [-0.39, 0.29) is 17.9 Å². The van der Waals surface area contributed by atoms with Gasteiger partial charge in [0.15, 0.2) is 5.82 Å². The molecule has 156 valence electrons. The molecule has 2 fully saturated rings. The molecule has 4 heterocycles. The van der Waals surface area contributed by atoms with Gasteiger partial charge in [0.25, 0.3) is 0 Å². The number of piperidine rings is 1. The summed E-state index contributed by atoms with van der Waals surface area (Å²) in [4.78, 5) is 6.04. The summed E-state index contributed by atoms with van der Waals surface area (Å²) in [5.41, 5.74) is 6.32. The summed E-state index contributed by atoms with van der Waals surface area (Å²) in [5.74, 6) is 1.32. The first-order chi connectivity index (χ1) is 13.3. The van der Waals surface area contributed by atoms with Crippen molar-refractivity contribution in [3.63, 3.8) is 0 Å². The van der Waals surface area contributed by atoms with Gasteiger partial charge in [0, 0.05) is 25.8 Å². The number of nitrogen functional groups attached to an aromatic ring is 1. The second kappa shape index (κ2) is 8.61. The molecule has 2 aliphatic rings. The molecule has 0 radical (unpaired) electrons. The number of halogens is 1. The van der Waals surface area contributed by atoms with Gasteiger partial charge in [-0.2, -0.15) is 0 Å². The molecule has 3 N–H and O–H groups in total. The lowest BCUT2D eigenvalue weighted by atomic mass is 9.75. The number of hydrogen-bond donors (Lipinski definition) is 2. The highest BCUT2D eigenvalue weighted by molar-refractivity contribution is 5.58. The first kappa shape index (κ1) is 20.8. The predicted molar refractivity (Wildman–Crippen MR) is 108 cm³/mol. The number of hydrogen-bond acceptors (Lipinski definition) is 6. The predicted octanol–water partition coefficient (Wildman–Crippen LogP) is 2.87. The average Bonchev–Trinajstić information content (AvgIpc) is 2.98. The molecule has 2 aromatic heterocycles. The average molecular weight is 394 g/mol. The fourth-order valence-electron chi connectivity index (χ4n) is 3.87. The molecule has 2 aromatic rings. The molecule has 0 saturated carbocycles. The summed E-state index contributed by atoms with van der Waals surface area (Å²) in [6.45, 7) is 10.1. The van der Waals surface area contributed by atoms with Crippen LogP contribution in [0.4, 0.5) is 16.2 Å². The molecule has 2 saturated heterocycles. The van der Waals surface area contributed by atoms with E-state index in [1.54, 1.807) is 4.52 Å². The van der Waals surface area contributed by atoms with Crippen LogP contribution in [0.25, 0.3) is 5.52 Å². The third-order valence-electron chi connectivity index (χ3n) is 5.65. The van der Waals surface area contributed by atoms with Crippen molar-refractivity contribution in [2.75, 3.05) is 36.9 Å². The number of nitrogens with zero attached hydrogens (tertiary/aromatic N) is 4. The second-order valence-electron chi connectivity index (χ2n) is 8.76. The molecule has 7 nitrogen and oxygen atoms in total. The molecule has 2 aliphatic heterocycles. The quantitative estimate of drug-likeness (QED) is 0.774. The zero-order chi connectivity index (χ0) is 20.3. The number of fused-ring (bicyclic) bond motifs is 1. The number of anilines is 2. The van der Waals surface area contributed by atoms with Crippen molar-refractivity contribution in [3.8, 4) is 0 Å². The highest BCUT2D eigenvalue weighted by Crippen LogP contribution is 2.36. The van der Waals surface area contributed by atoms with Gasteiger partial charge in [-0.3, -0.25) is 0 Å². The van der Waals surface area contributed by atoms with Crippen molar-refractivity contribution in [1.29, 1.82) is 0 Å². The molecule has 0 amide bonds. The lowest BCUT2D eigenvalue weighted by Crippen LogP contribution is -2.38. The van der Waals surface area contributed by atoms with E-state index >= 15 is 0 Å². The summed E-state index contributed by atoms with van der Waals surface area (Å²) in [7, 11) is 0. The Morgan fingerprint density at radius 3 is 2.50 bits per heavy atom. The minimum atomic E-state index is -0.303. The highest BCUT2D eigenvalue weighted by Gasteiger charge is 2.30. The molecule has 0 aliphatic carbocycles. The van der Waals surface area contributed by atoms with Crippen molar-refractivity contribution < 1.29 is 14.2 Å². The summed E-state index contributed by atoms with van der Waals surface area (Å²) in [6, 6.07) is 1.53. The van der Waals surface area contributed by atoms with E-state index in [1.807, 2.05) is 0 Å². The van der Waals surface area contributed by atoms with Crippen LogP contribution < -0.4 is 10.6 Å². The van der Waals surface area contributed by atoms with Crippen LogP contribution >= 0.6 is 0 Å². The monoisotopic (exact) mass is 393 g/mol. The van der Waals surface area contributed by atoms with Gasteiger partial charge in [-0.05, 0) is 37.0 Å². The van der Waals surface area contributed by atoms with Crippen LogP contribution in [-0.2, 0) is 4.74 Å². The first-order valence-corrected chi connectivity index (χ1v) is 10.1. The van der Waals surface area contributed by atoms with Gasteiger partial charge in [-0.25, -0.2) is 13.9 Å². The molecule has 1 atom stereocenters. The van der Waals surface area contributed by atoms with Crippen LogP contribution in [0.3, 0.4) is 0 Å². The van der Waals surface area contributed by atoms with Gasteiger partial charge in [0.1, 0.15) is 11.3 Å². The highest BCUT2D eigenvalue weighted by atomic mass is 19.1. The van der Waals surface area contributed by atoms with Gasteiger partial charge in [0.05, 0.1) is 18.9 Å². The molecule has 1 unspecified atom stereocenters. The van der Waals surface area contributed by atoms with Crippen LogP contribution in [0.2, 0.25) is 0 Å². The van der Waals surface area contributed by atoms with E-state index in [9.17, 15) is 4.39 Å². The van der Waals surface area contributed by atoms with Crippen molar-refractivity contribution in [3.05, 3.63) is 18.1 Å². The smallest absolute Gasteiger partial charge is 0.238 e. The fourth-order valence-corrected chi connectivity index (χ4v) is 3.87. The Hall–Kier alpha value is -1.93. The largest absolute Gasteiger partial charge is 0.391 e. The summed E-state index contributed by atoms with van der Waals surface area (Å²) in [6.07, 6.45) is 5.40. The van der Waals surface area contributed by atoms with Crippen LogP contribution in [0.1, 0.15) is 46.5 Å². The normalized spacial score (nSPS) is 21.5. The van der Waals surface area contributed by atoms with Crippen LogP contribution in [0.5, 0.6) is 0 Å². The van der Waals surface area contributed by atoms with Gasteiger partial charge < -0.3 is 20.5 Å². The second-order valence-corrected chi connectivity index (χ2v) is 8.76. The van der Waals surface area contributed by atoms with Crippen molar-refractivity contribution in [2.45, 2.75) is 52.6 Å². The number of rotatable bonds is 1. The molecule has 0 aromatic carbocycles. The lowest BCUT2D eigenvalue weighted by molar-refractivity contribution is -0.00535. The number of ether oxygens (including phenoxy) is 1. The molecular weight excluding hydrogens is 361 g/mol. The fraction of sp³-hybridized carbons (Fsp3) is 0.700. The van der Waals surface area contributed by atoms with E-state index in [0.717, 1.165) is 51.2 Å². The molecule has 4 rings (SSSR count). The SMILES string of the molecule is CC(C)(C)C1CCN(c2cc(F)c3cnc(N)nn23)CC1.OC1CCCOC1. The van der Waals surface area contributed by atoms with Gasteiger partial charge in [-0.1, -0.05) is 20.8 Å². The lowest BCUT2D eigenvalue weighted by Gasteiger charge is -2.39. The van der Waals surface area contributed by atoms with E-state index in [0.29, 0.717) is 23.5 Å². The van der Waals surface area contributed by atoms with Crippen LogP contribution in [0, 0.1) is 17.2 Å². The van der Waals surface area contributed by atoms with Crippen molar-refractivity contribution >= 4 is 17.3 Å². The standard InChI is InChI=1S/C15H22FN5.C5H10O2/c1-15(2,3)10-4-6-20(7-5-10)13-8-11(16)12-9-18-14(17)19-21(12)13;6-5-2-1-3-7-4-5/h8-10H,4-7H2,1-3H3,(H2,17,19);5-6H,1-4H2. The number of aliphatic hydroxyl groups is 1. The van der Waals surface area contributed by atoms with E-state index in [2.05, 4.69) is 35.8 Å². The first-order valence-electron chi connectivity index (χ1n) is 10.1. The summed E-state index contributed by atoms with van der Waals surface area (Å²) < 4.78 is 20.5. The van der Waals surface area contributed by atoms with Gasteiger partial charge >= 0.3 is 0 Å². The van der Waals surface area contributed by atoms with E-state index in [4.69, 9.17) is 15.6 Å². The van der Waals surface area contributed by atoms with Gasteiger partial charge in [-0.15, -0.1) is 5.10 Å². The Labute approximate surface area is 165 Å². The Morgan fingerprint density at radius 1 is 1.25 bits per heavy atom. The zero-order valence-corrected chi connectivity index (χ0v) is 17.1. The van der Waals surface area contributed by atoms with Crippen molar-refractivity contribution in [1.82, 2.24) is 14.6 Å². The molecule has 8 heteroatoms. The summed E-state index contributed by atoms with van der Waals surface area (Å²) in [5, 5.41) is 12.9. The van der Waals surface area contributed by atoms with Gasteiger partial charge in [0.2, 0.25) is 5.95 Å². The van der Waals surface area contributed by atoms with Crippen molar-refractivity contribution in [2.24, 2.45) is 11.3 Å². The number of nitrogens with two attached hydrogens (primary N) is 1. The Balaban J connectivity index is 0.000000271. The maximum Gasteiger partial charge on any atom is 0.238 e. The minimum absolute atomic E-state index is 0.156. The minimum Gasteiger partial charge on any atom is -0.391 e. The zero-order valence-electron chi connectivity index (χ0n) is 17.1. The number of aliphatic hydroxyl groups excluding tert-OH is 1. The van der Waals surface area contributed by atoms with Crippen LogP contribution in [-0.4, -0.2) is 52.1 Å². The summed E-state index contributed by atoms with van der Waals surface area (Å²) >= 11 is 0. The maximum absolute atomic E-state index is 14.0. The van der Waals surface area contributed by atoms with Crippen LogP contribution in [0.15, 0.2) is 12.3 Å². The number of aromatic nitrogens is 3. The molecular formula is C20H32FN5O2. The van der Waals surface area contributed by atoms with E-state index in [1.165, 1.54) is 12.3 Å². The third-order valence-corrected chi connectivity index (χ3v) is 5.65. The maximum atomic E-state index is 14.0. The third kappa shape index (κ3) is 4.91. The Kier molecular flexibility index (Phi) is 6.40. The topological polar surface area (TPSA) is 88.9 Å². The molecule has 0 spiro atoms. The molecule has 0 bridgehead atoms. The Bertz CT molecular complexity index is 775. The molecule has 28 heavy (non-hydrogen) atoms.